The maximum absolute atomic E-state index is 12.1. The number of carboxylic acids is 1. The fourth-order valence-electron chi connectivity index (χ4n) is 2.50. The van der Waals surface area contributed by atoms with Crippen molar-refractivity contribution in [3.63, 3.8) is 0 Å². The van der Waals surface area contributed by atoms with Crippen molar-refractivity contribution in [3.8, 4) is 5.75 Å². The van der Waals surface area contributed by atoms with Crippen molar-refractivity contribution >= 4 is 28.6 Å². The molecule has 0 aliphatic carbocycles. The molecule has 0 bridgehead atoms. The molecule has 0 spiro atoms. The highest BCUT2D eigenvalue weighted by Gasteiger charge is 2.16. The van der Waals surface area contributed by atoms with Gasteiger partial charge in [0.1, 0.15) is 5.75 Å². The Labute approximate surface area is 154 Å². The Morgan fingerprint density at radius 3 is 2.22 bits per heavy atom. The van der Waals surface area contributed by atoms with Crippen LogP contribution in [0.15, 0.2) is 66.7 Å². The number of carbonyl (C=O) groups excluding carboxylic acids is 2. The minimum Gasteiger partial charge on any atom is -0.484 e. The average molecular weight is 364 g/mol. The Kier molecular flexibility index (Phi) is 5.32. The molecule has 3 aromatic carbocycles. The fraction of sp³-hybridized carbons (Fsp3) is 0.0500. The number of ether oxygens (including phenoxy) is 1. The van der Waals surface area contributed by atoms with Crippen LogP contribution in [0, 0.1) is 0 Å². The molecular formula is C20H16N2O5. The predicted molar refractivity (Wildman–Crippen MR) is 98.5 cm³/mol. The minimum absolute atomic E-state index is 0.0549. The summed E-state index contributed by atoms with van der Waals surface area (Å²) in [5.41, 5.74) is 4.17. The summed E-state index contributed by atoms with van der Waals surface area (Å²) in [7, 11) is 0. The second-order valence-electron chi connectivity index (χ2n) is 5.65. The van der Waals surface area contributed by atoms with Crippen molar-refractivity contribution in [1.29, 1.82) is 0 Å². The second kappa shape index (κ2) is 8.01. The van der Waals surface area contributed by atoms with E-state index in [1.165, 1.54) is 24.3 Å². The molecular weight excluding hydrogens is 348 g/mol. The van der Waals surface area contributed by atoms with Crippen molar-refractivity contribution in [2.45, 2.75) is 0 Å². The van der Waals surface area contributed by atoms with Crippen LogP contribution in [0.5, 0.6) is 5.75 Å². The maximum Gasteiger partial charge on any atom is 0.336 e. The molecule has 0 aromatic heterocycles. The number of hydrogen-bond acceptors (Lipinski definition) is 4. The van der Waals surface area contributed by atoms with Gasteiger partial charge in [-0.1, -0.05) is 42.5 Å². The number of hydrogen-bond donors (Lipinski definition) is 3. The van der Waals surface area contributed by atoms with Crippen LogP contribution in [0.2, 0.25) is 0 Å². The van der Waals surface area contributed by atoms with Gasteiger partial charge in [0.25, 0.3) is 11.8 Å². The summed E-state index contributed by atoms with van der Waals surface area (Å²) in [6.45, 7) is -0.306. The SMILES string of the molecule is O=C(COc1ccc2ccccc2c1)NNC(=O)c1ccccc1C(=O)O. The van der Waals surface area contributed by atoms with Crippen molar-refractivity contribution in [3.05, 3.63) is 77.9 Å². The van der Waals surface area contributed by atoms with Crippen LogP contribution in [0.3, 0.4) is 0 Å². The molecule has 0 heterocycles. The lowest BCUT2D eigenvalue weighted by Crippen LogP contribution is -2.44. The number of benzene rings is 3. The van der Waals surface area contributed by atoms with Gasteiger partial charge in [0.2, 0.25) is 0 Å². The van der Waals surface area contributed by atoms with Crippen LogP contribution in [-0.4, -0.2) is 29.5 Å². The molecule has 2 amide bonds. The summed E-state index contributed by atoms with van der Waals surface area (Å²) >= 11 is 0. The third-order valence-corrected chi connectivity index (χ3v) is 3.81. The van der Waals surface area contributed by atoms with E-state index in [0.29, 0.717) is 5.75 Å². The van der Waals surface area contributed by atoms with E-state index < -0.39 is 17.8 Å². The topological polar surface area (TPSA) is 105 Å². The van der Waals surface area contributed by atoms with E-state index in [4.69, 9.17) is 9.84 Å². The zero-order valence-corrected chi connectivity index (χ0v) is 14.1. The highest BCUT2D eigenvalue weighted by molar-refractivity contribution is 6.05. The van der Waals surface area contributed by atoms with E-state index in [1.807, 2.05) is 36.4 Å². The van der Waals surface area contributed by atoms with Crippen LogP contribution in [0.1, 0.15) is 20.7 Å². The normalized spacial score (nSPS) is 10.2. The molecule has 0 saturated carbocycles. The van der Waals surface area contributed by atoms with Crippen LogP contribution in [0.25, 0.3) is 10.8 Å². The first-order valence-corrected chi connectivity index (χ1v) is 8.08. The summed E-state index contributed by atoms with van der Waals surface area (Å²) in [4.78, 5) is 35.1. The van der Waals surface area contributed by atoms with Gasteiger partial charge in [-0.15, -0.1) is 0 Å². The van der Waals surface area contributed by atoms with Gasteiger partial charge in [-0.2, -0.15) is 0 Å². The van der Waals surface area contributed by atoms with E-state index in [1.54, 1.807) is 6.07 Å². The number of amides is 2. The van der Waals surface area contributed by atoms with Crippen LogP contribution in [-0.2, 0) is 4.79 Å². The number of nitrogens with one attached hydrogen (secondary N) is 2. The van der Waals surface area contributed by atoms with E-state index >= 15 is 0 Å². The molecule has 7 nitrogen and oxygen atoms in total. The predicted octanol–water partition coefficient (Wildman–Crippen LogP) is 2.38. The molecule has 0 saturated heterocycles. The van der Waals surface area contributed by atoms with Crippen molar-refractivity contribution in [1.82, 2.24) is 10.9 Å². The molecule has 0 radical (unpaired) electrons. The molecule has 3 N–H and O–H groups in total. The number of fused-ring (bicyclic) bond motifs is 1. The van der Waals surface area contributed by atoms with Crippen LogP contribution in [0.4, 0.5) is 0 Å². The van der Waals surface area contributed by atoms with Gasteiger partial charge in [-0.3, -0.25) is 20.4 Å². The maximum atomic E-state index is 12.1. The largest absolute Gasteiger partial charge is 0.484 e. The Bertz CT molecular complexity index is 1020. The van der Waals surface area contributed by atoms with Crippen LogP contribution < -0.4 is 15.6 Å². The zero-order valence-electron chi connectivity index (χ0n) is 14.1. The molecule has 136 valence electrons. The number of carbonyl (C=O) groups is 3. The second-order valence-corrected chi connectivity index (χ2v) is 5.65. The van der Waals surface area contributed by atoms with Gasteiger partial charge < -0.3 is 9.84 Å². The molecule has 0 fully saturated rings. The summed E-state index contributed by atoms with van der Waals surface area (Å²) in [5.74, 6) is -2.02. The highest BCUT2D eigenvalue weighted by atomic mass is 16.5. The third-order valence-electron chi connectivity index (χ3n) is 3.81. The first-order valence-electron chi connectivity index (χ1n) is 8.08. The van der Waals surface area contributed by atoms with Crippen molar-refractivity contribution < 1.29 is 24.2 Å². The first kappa shape index (κ1) is 17.9. The van der Waals surface area contributed by atoms with Gasteiger partial charge in [0.05, 0.1) is 11.1 Å². The lowest BCUT2D eigenvalue weighted by atomic mass is 10.1. The van der Waals surface area contributed by atoms with Gasteiger partial charge in [0.15, 0.2) is 6.61 Å². The summed E-state index contributed by atoms with van der Waals surface area (Å²) in [6.07, 6.45) is 0. The summed E-state index contributed by atoms with van der Waals surface area (Å²) in [5, 5.41) is 11.1. The van der Waals surface area contributed by atoms with E-state index in [-0.39, 0.29) is 17.7 Å². The molecule has 3 rings (SSSR count). The Morgan fingerprint density at radius 1 is 0.815 bits per heavy atom. The zero-order chi connectivity index (χ0) is 19.2. The molecule has 27 heavy (non-hydrogen) atoms. The Balaban J connectivity index is 1.55. The van der Waals surface area contributed by atoms with E-state index in [9.17, 15) is 14.4 Å². The lowest BCUT2D eigenvalue weighted by molar-refractivity contribution is -0.123. The van der Waals surface area contributed by atoms with E-state index in [2.05, 4.69) is 10.9 Å². The monoisotopic (exact) mass is 364 g/mol. The number of rotatable bonds is 5. The molecule has 7 heteroatoms. The van der Waals surface area contributed by atoms with Gasteiger partial charge >= 0.3 is 5.97 Å². The average Bonchev–Trinajstić information content (AvgIpc) is 2.70. The summed E-state index contributed by atoms with van der Waals surface area (Å²) in [6, 6.07) is 18.9. The molecule has 3 aromatic rings. The number of aromatic carboxylic acids is 1. The molecule has 0 unspecified atom stereocenters. The highest BCUT2D eigenvalue weighted by Crippen LogP contribution is 2.20. The van der Waals surface area contributed by atoms with Crippen molar-refractivity contribution in [2.24, 2.45) is 0 Å². The van der Waals surface area contributed by atoms with E-state index in [0.717, 1.165) is 10.8 Å². The smallest absolute Gasteiger partial charge is 0.336 e. The number of carboxylic acid groups (broad SMARTS) is 1. The molecule has 0 aliphatic heterocycles. The van der Waals surface area contributed by atoms with Gasteiger partial charge in [0, 0.05) is 0 Å². The standard InChI is InChI=1S/C20H16N2O5/c23-18(12-27-15-10-9-13-5-1-2-6-14(13)11-15)21-22-19(24)16-7-3-4-8-17(16)20(25)26/h1-11H,12H2,(H,21,23)(H,22,24)(H,25,26). The molecule has 0 atom stereocenters. The quantitative estimate of drug-likeness (QED) is 0.603. The Hall–Kier alpha value is -3.87. The lowest BCUT2D eigenvalue weighted by Gasteiger charge is -2.10. The van der Waals surface area contributed by atoms with Crippen molar-refractivity contribution in [2.75, 3.05) is 6.61 Å². The first-order chi connectivity index (χ1) is 13.0. The van der Waals surface area contributed by atoms with Crippen LogP contribution >= 0.6 is 0 Å². The third kappa shape index (κ3) is 4.40. The number of hydrazine groups is 1. The Morgan fingerprint density at radius 2 is 1.48 bits per heavy atom. The summed E-state index contributed by atoms with van der Waals surface area (Å²) < 4.78 is 5.42. The minimum atomic E-state index is -1.23. The fourth-order valence-corrected chi connectivity index (χ4v) is 2.50. The van der Waals surface area contributed by atoms with Gasteiger partial charge in [-0.05, 0) is 35.0 Å². The van der Waals surface area contributed by atoms with Gasteiger partial charge in [-0.25, -0.2) is 4.79 Å². The molecule has 0 aliphatic rings.